The molecule has 1 heterocycles. The van der Waals surface area contributed by atoms with Crippen LogP contribution in [-0.4, -0.2) is 10.9 Å². The second-order valence-electron chi connectivity index (χ2n) is 5.15. The van der Waals surface area contributed by atoms with Gasteiger partial charge in [-0.1, -0.05) is 38.1 Å². The minimum absolute atomic E-state index is 0.0435. The Bertz CT molecular complexity index is 564. The van der Waals surface area contributed by atoms with E-state index < -0.39 is 0 Å². The maximum absolute atomic E-state index is 12.0. The number of carbonyl (C=O) groups is 1. The smallest absolute Gasteiger partial charge is 0.224 e. The molecule has 1 aromatic carbocycles. The predicted molar refractivity (Wildman–Crippen MR) is 81.7 cm³/mol. The molecule has 0 atom stereocenters. The van der Waals surface area contributed by atoms with Gasteiger partial charge in [0.1, 0.15) is 0 Å². The van der Waals surface area contributed by atoms with E-state index in [4.69, 9.17) is 0 Å². The lowest BCUT2D eigenvalue weighted by Crippen LogP contribution is -2.14. The van der Waals surface area contributed by atoms with E-state index in [1.165, 1.54) is 5.56 Å². The van der Waals surface area contributed by atoms with Gasteiger partial charge >= 0.3 is 0 Å². The van der Waals surface area contributed by atoms with Gasteiger partial charge in [0.15, 0.2) is 0 Å². The fourth-order valence-corrected chi connectivity index (χ4v) is 2.13. The van der Waals surface area contributed by atoms with Gasteiger partial charge in [-0.3, -0.25) is 9.78 Å². The maximum atomic E-state index is 12.0. The molecule has 2 rings (SSSR count). The highest BCUT2D eigenvalue weighted by Crippen LogP contribution is 2.23. The van der Waals surface area contributed by atoms with Crippen molar-refractivity contribution in [3.8, 4) is 0 Å². The molecule has 0 saturated carbocycles. The Balaban J connectivity index is 1.95. The minimum Gasteiger partial charge on any atom is -0.326 e. The van der Waals surface area contributed by atoms with E-state index in [-0.39, 0.29) is 5.91 Å². The molecule has 20 heavy (non-hydrogen) atoms. The van der Waals surface area contributed by atoms with E-state index >= 15 is 0 Å². The van der Waals surface area contributed by atoms with Crippen LogP contribution >= 0.6 is 0 Å². The summed E-state index contributed by atoms with van der Waals surface area (Å²) in [5.74, 6) is 0.437. The quantitative estimate of drug-likeness (QED) is 0.896. The molecule has 0 saturated heterocycles. The summed E-state index contributed by atoms with van der Waals surface area (Å²) in [6.45, 7) is 4.25. The van der Waals surface area contributed by atoms with Crippen molar-refractivity contribution in [2.24, 2.45) is 0 Å². The van der Waals surface area contributed by atoms with Crippen LogP contribution in [0.15, 0.2) is 48.8 Å². The zero-order chi connectivity index (χ0) is 14.4. The lowest BCUT2D eigenvalue weighted by atomic mass is 10.0. The summed E-state index contributed by atoms with van der Waals surface area (Å²) in [5, 5.41) is 3.00. The molecule has 2 aromatic rings. The average molecular weight is 268 g/mol. The molecule has 0 radical (unpaired) electrons. The van der Waals surface area contributed by atoms with Crippen LogP contribution in [0, 0.1) is 0 Å². The molecule has 0 aliphatic heterocycles. The lowest BCUT2D eigenvalue weighted by Gasteiger charge is -2.13. The normalized spacial score (nSPS) is 10.6. The summed E-state index contributed by atoms with van der Waals surface area (Å²) in [6, 6.07) is 11.8. The molecular weight excluding hydrogens is 248 g/mol. The van der Waals surface area contributed by atoms with E-state index in [9.17, 15) is 4.79 Å². The zero-order valence-electron chi connectivity index (χ0n) is 12.0. The zero-order valence-corrected chi connectivity index (χ0v) is 12.0. The topological polar surface area (TPSA) is 42.0 Å². The van der Waals surface area contributed by atoms with E-state index in [1.54, 1.807) is 12.4 Å². The first kappa shape index (κ1) is 14.3. The van der Waals surface area contributed by atoms with Crippen LogP contribution in [0.4, 0.5) is 5.69 Å². The number of para-hydroxylation sites is 1. The van der Waals surface area contributed by atoms with Crippen molar-refractivity contribution in [3.63, 3.8) is 0 Å². The van der Waals surface area contributed by atoms with Crippen LogP contribution in [0.3, 0.4) is 0 Å². The highest BCUT2D eigenvalue weighted by atomic mass is 16.1. The second-order valence-corrected chi connectivity index (χ2v) is 5.15. The third-order valence-corrected chi connectivity index (χ3v) is 3.22. The third-order valence-electron chi connectivity index (χ3n) is 3.22. The number of hydrogen-bond acceptors (Lipinski definition) is 2. The molecule has 3 nitrogen and oxygen atoms in total. The van der Waals surface area contributed by atoms with Crippen LogP contribution in [0.2, 0.25) is 0 Å². The average Bonchev–Trinajstić information content (AvgIpc) is 2.46. The number of benzene rings is 1. The Morgan fingerprint density at radius 1 is 1.20 bits per heavy atom. The largest absolute Gasteiger partial charge is 0.326 e. The molecule has 1 amide bonds. The van der Waals surface area contributed by atoms with Crippen LogP contribution in [0.1, 0.15) is 37.3 Å². The summed E-state index contributed by atoms with van der Waals surface area (Å²) in [6.07, 6.45) is 4.72. The molecule has 0 fully saturated rings. The SMILES string of the molecule is CC(C)c1ccccc1NC(=O)CCc1cccnc1. The van der Waals surface area contributed by atoms with Crippen molar-refractivity contribution in [2.75, 3.05) is 5.32 Å². The van der Waals surface area contributed by atoms with E-state index in [2.05, 4.69) is 30.2 Å². The molecule has 0 unspecified atom stereocenters. The molecule has 3 heteroatoms. The molecule has 0 bridgehead atoms. The van der Waals surface area contributed by atoms with Crippen LogP contribution in [-0.2, 0) is 11.2 Å². The number of anilines is 1. The number of nitrogens with zero attached hydrogens (tertiary/aromatic N) is 1. The van der Waals surface area contributed by atoms with Crippen molar-refractivity contribution in [1.29, 1.82) is 0 Å². The standard InChI is InChI=1S/C17H20N2O/c1-13(2)15-7-3-4-8-16(15)19-17(20)10-9-14-6-5-11-18-12-14/h3-8,11-13H,9-10H2,1-2H3,(H,19,20). The first-order valence-corrected chi connectivity index (χ1v) is 6.94. The van der Waals surface area contributed by atoms with Gasteiger partial charge in [-0.15, -0.1) is 0 Å². The fraction of sp³-hybridized carbons (Fsp3) is 0.294. The second kappa shape index (κ2) is 6.85. The van der Waals surface area contributed by atoms with Gasteiger partial charge in [0.05, 0.1) is 0 Å². The van der Waals surface area contributed by atoms with Crippen molar-refractivity contribution in [2.45, 2.75) is 32.6 Å². The number of amides is 1. The van der Waals surface area contributed by atoms with Crippen LogP contribution in [0.5, 0.6) is 0 Å². The number of nitrogens with one attached hydrogen (secondary N) is 1. The van der Waals surface area contributed by atoms with Gasteiger partial charge in [0, 0.05) is 24.5 Å². The number of aryl methyl sites for hydroxylation is 1. The third kappa shape index (κ3) is 3.92. The summed E-state index contributed by atoms with van der Waals surface area (Å²) in [5.41, 5.74) is 3.17. The van der Waals surface area contributed by atoms with Gasteiger partial charge in [0.25, 0.3) is 0 Å². The fourth-order valence-electron chi connectivity index (χ4n) is 2.13. The van der Waals surface area contributed by atoms with Gasteiger partial charge in [-0.25, -0.2) is 0 Å². The lowest BCUT2D eigenvalue weighted by molar-refractivity contribution is -0.116. The number of carbonyl (C=O) groups excluding carboxylic acids is 1. The predicted octanol–water partition coefficient (Wildman–Crippen LogP) is 3.78. The summed E-state index contributed by atoms with van der Waals surface area (Å²) < 4.78 is 0. The summed E-state index contributed by atoms with van der Waals surface area (Å²) >= 11 is 0. The number of hydrogen-bond donors (Lipinski definition) is 1. The monoisotopic (exact) mass is 268 g/mol. The van der Waals surface area contributed by atoms with Gasteiger partial charge in [0.2, 0.25) is 5.91 Å². The van der Waals surface area contributed by atoms with Crippen LogP contribution < -0.4 is 5.32 Å². The van der Waals surface area contributed by atoms with Crippen molar-refractivity contribution in [1.82, 2.24) is 4.98 Å². The Hall–Kier alpha value is -2.16. The van der Waals surface area contributed by atoms with E-state index in [1.807, 2.05) is 30.3 Å². The van der Waals surface area contributed by atoms with Crippen molar-refractivity contribution in [3.05, 3.63) is 59.9 Å². The van der Waals surface area contributed by atoms with E-state index in [0.717, 1.165) is 11.3 Å². The highest BCUT2D eigenvalue weighted by molar-refractivity contribution is 5.91. The first-order chi connectivity index (χ1) is 9.66. The molecule has 1 N–H and O–H groups in total. The number of rotatable bonds is 5. The first-order valence-electron chi connectivity index (χ1n) is 6.94. The van der Waals surface area contributed by atoms with Gasteiger partial charge in [-0.05, 0) is 35.6 Å². The molecule has 0 aliphatic rings. The Morgan fingerprint density at radius 2 is 2.00 bits per heavy atom. The number of pyridine rings is 1. The van der Waals surface area contributed by atoms with Crippen molar-refractivity contribution < 1.29 is 4.79 Å². The Kier molecular flexibility index (Phi) is 4.88. The minimum atomic E-state index is 0.0435. The highest BCUT2D eigenvalue weighted by Gasteiger charge is 2.09. The Labute approximate surface area is 120 Å². The summed E-state index contributed by atoms with van der Waals surface area (Å²) in [4.78, 5) is 16.1. The Morgan fingerprint density at radius 3 is 2.70 bits per heavy atom. The molecular formula is C17H20N2O. The molecule has 104 valence electrons. The van der Waals surface area contributed by atoms with Crippen LogP contribution in [0.25, 0.3) is 0 Å². The van der Waals surface area contributed by atoms with E-state index in [0.29, 0.717) is 18.8 Å². The molecule has 0 spiro atoms. The van der Waals surface area contributed by atoms with Gasteiger partial charge in [-0.2, -0.15) is 0 Å². The van der Waals surface area contributed by atoms with Crippen molar-refractivity contribution >= 4 is 11.6 Å². The van der Waals surface area contributed by atoms with Gasteiger partial charge < -0.3 is 5.32 Å². The summed E-state index contributed by atoms with van der Waals surface area (Å²) in [7, 11) is 0. The number of aromatic nitrogens is 1. The molecule has 1 aromatic heterocycles. The maximum Gasteiger partial charge on any atom is 0.224 e. The molecule has 0 aliphatic carbocycles.